The molecule has 4 nitrogen and oxygen atoms in total. The second-order valence-corrected chi connectivity index (χ2v) is 8.42. The van der Waals surface area contributed by atoms with Gasteiger partial charge in [0.05, 0.1) is 28.2 Å². The average molecular weight is 425 g/mol. The van der Waals surface area contributed by atoms with Crippen LogP contribution in [0.1, 0.15) is 25.6 Å². The van der Waals surface area contributed by atoms with Crippen molar-refractivity contribution in [2.45, 2.75) is 20.8 Å². The molecule has 0 radical (unpaired) electrons. The van der Waals surface area contributed by atoms with E-state index < -0.39 is 0 Å². The van der Waals surface area contributed by atoms with Gasteiger partial charge in [-0.15, -0.1) is 11.3 Å². The van der Waals surface area contributed by atoms with Crippen molar-refractivity contribution in [3.63, 3.8) is 0 Å². The molecular formula is C23H25ClN4S. The van der Waals surface area contributed by atoms with Gasteiger partial charge in [-0.2, -0.15) is 5.10 Å². The molecule has 2 aromatic rings. The Morgan fingerprint density at radius 1 is 1.31 bits per heavy atom. The molecule has 29 heavy (non-hydrogen) atoms. The van der Waals surface area contributed by atoms with Crippen LogP contribution in [-0.4, -0.2) is 11.1 Å². The summed E-state index contributed by atoms with van der Waals surface area (Å²) in [4.78, 5) is 4.07. The third-order valence-corrected chi connectivity index (χ3v) is 6.20. The van der Waals surface area contributed by atoms with Gasteiger partial charge in [-0.05, 0) is 30.5 Å². The Labute approximate surface area is 181 Å². The zero-order valence-electron chi connectivity index (χ0n) is 16.9. The van der Waals surface area contributed by atoms with Crippen molar-refractivity contribution < 1.29 is 0 Å². The van der Waals surface area contributed by atoms with Gasteiger partial charge in [-0.1, -0.05) is 69.0 Å². The molecule has 0 unspecified atom stereocenters. The van der Waals surface area contributed by atoms with Crippen molar-refractivity contribution in [3.05, 3.63) is 82.6 Å². The number of nitrogens with two attached hydrogens (primary N) is 1. The fraction of sp³-hybridized carbons (Fsp3) is 0.174. The van der Waals surface area contributed by atoms with E-state index in [2.05, 4.69) is 49.6 Å². The molecule has 3 N–H and O–H groups in total. The Bertz CT molecular complexity index is 1040. The molecule has 1 aromatic carbocycles. The average Bonchev–Trinajstić information content (AvgIpc) is 3.09. The van der Waals surface area contributed by atoms with Crippen LogP contribution in [0, 0.1) is 5.92 Å². The minimum atomic E-state index is 0.267. The van der Waals surface area contributed by atoms with E-state index in [4.69, 9.17) is 17.4 Å². The zero-order chi connectivity index (χ0) is 21.1. The summed E-state index contributed by atoms with van der Waals surface area (Å²) in [5.74, 6) is 6.51. The molecular weight excluding hydrogens is 400 g/mol. The molecule has 1 aliphatic heterocycles. The van der Waals surface area contributed by atoms with Gasteiger partial charge in [0.1, 0.15) is 5.82 Å². The number of allylic oxidation sites excluding steroid dienone is 4. The highest BCUT2D eigenvalue weighted by Crippen LogP contribution is 2.46. The quantitative estimate of drug-likeness (QED) is 0.244. The molecule has 150 valence electrons. The number of hydrogen-bond donors (Lipinski definition) is 2. The summed E-state index contributed by atoms with van der Waals surface area (Å²) in [5.41, 5.74) is 4.73. The van der Waals surface area contributed by atoms with Crippen molar-refractivity contribution in [1.29, 1.82) is 0 Å². The van der Waals surface area contributed by atoms with E-state index in [0.717, 1.165) is 43.0 Å². The largest absolute Gasteiger partial charge is 0.341 e. The monoisotopic (exact) mass is 424 g/mol. The summed E-state index contributed by atoms with van der Waals surface area (Å²) >= 11 is 8.05. The predicted octanol–water partition coefficient (Wildman–Crippen LogP) is 6.67. The third kappa shape index (κ3) is 4.02. The SMILES string of the molecule is C=C1Nc2cc(-c3ccccc3Cl)sc2C(=C)N1/C(C=NN)=C(\C=C/C)C(C)C. The first-order chi connectivity index (χ1) is 13.9. The Morgan fingerprint density at radius 3 is 2.66 bits per heavy atom. The molecule has 1 aromatic heterocycles. The summed E-state index contributed by atoms with van der Waals surface area (Å²) in [6.07, 6.45) is 5.73. The van der Waals surface area contributed by atoms with E-state index in [1.807, 2.05) is 42.2 Å². The van der Waals surface area contributed by atoms with Crippen molar-refractivity contribution in [2.75, 3.05) is 5.32 Å². The summed E-state index contributed by atoms with van der Waals surface area (Å²) in [6, 6.07) is 9.92. The first kappa shape index (κ1) is 21.0. The third-order valence-electron chi connectivity index (χ3n) is 4.65. The number of hydrogen-bond acceptors (Lipinski definition) is 5. The molecule has 0 saturated carbocycles. The second kappa shape index (κ2) is 8.72. The summed E-state index contributed by atoms with van der Waals surface area (Å²) < 4.78 is 0. The lowest BCUT2D eigenvalue weighted by Gasteiger charge is -2.35. The molecule has 0 amide bonds. The van der Waals surface area contributed by atoms with Crippen LogP contribution in [0.15, 0.2) is 77.8 Å². The Kier molecular flexibility index (Phi) is 6.30. The summed E-state index contributed by atoms with van der Waals surface area (Å²) in [5, 5.41) is 7.93. The van der Waals surface area contributed by atoms with Crippen LogP contribution in [0.25, 0.3) is 16.1 Å². The van der Waals surface area contributed by atoms with Gasteiger partial charge in [0.15, 0.2) is 0 Å². The number of halogens is 1. The maximum absolute atomic E-state index is 6.41. The molecule has 6 heteroatoms. The van der Waals surface area contributed by atoms with Crippen molar-refractivity contribution in [2.24, 2.45) is 16.9 Å². The van der Waals surface area contributed by atoms with Crippen LogP contribution in [0.5, 0.6) is 0 Å². The van der Waals surface area contributed by atoms with Crippen molar-refractivity contribution >= 4 is 40.5 Å². The second-order valence-electron chi connectivity index (χ2n) is 6.96. The Hall–Kier alpha value is -2.76. The lowest BCUT2D eigenvalue weighted by Crippen LogP contribution is -2.30. The van der Waals surface area contributed by atoms with E-state index >= 15 is 0 Å². The summed E-state index contributed by atoms with van der Waals surface area (Å²) in [7, 11) is 0. The minimum absolute atomic E-state index is 0.267. The predicted molar refractivity (Wildman–Crippen MR) is 128 cm³/mol. The molecule has 0 atom stereocenters. The van der Waals surface area contributed by atoms with E-state index in [1.54, 1.807) is 17.6 Å². The molecule has 3 rings (SSSR count). The van der Waals surface area contributed by atoms with Gasteiger partial charge in [0, 0.05) is 15.5 Å². The van der Waals surface area contributed by atoms with Crippen LogP contribution in [0.3, 0.4) is 0 Å². The number of benzene rings is 1. The number of rotatable bonds is 5. The normalized spacial score (nSPS) is 15.3. The van der Waals surface area contributed by atoms with E-state index in [-0.39, 0.29) is 5.92 Å². The smallest absolute Gasteiger partial charge is 0.108 e. The molecule has 0 bridgehead atoms. The maximum Gasteiger partial charge on any atom is 0.108 e. The molecule has 0 aliphatic carbocycles. The van der Waals surface area contributed by atoms with E-state index in [1.165, 1.54) is 0 Å². The lowest BCUT2D eigenvalue weighted by molar-refractivity contribution is 0.614. The highest BCUT2D eigenvalue weighted by Gasteiger charge is 2.29. The number of fused-ring (bicyclic) bond motifs is 1. The standard InChI is InChI=1S/C23H25ClN4S/c1-6-9-17(14(2)3)21(13-26-25)28-15(4)23-20(27-16(28)5)12-22(29-23)18-10-7-8-11-19(18)24/h6-14,27H,4-5,25H2,1-3H3/b9-6-,21-17+,26-13?. The van der Waals surface area contributed by atoms with Gasteiger partial charge in [-0.25, -0.2) is 0 Å². The zero-order valence-corrected chi connectivity index (χ0v) is 18.4. The van der Waals surface area contributed by atoms with Gasteiger partial charge in [-0.3, -0.25) is 4.90 Å². The fourth-order valence-electron chi connectivity index (χ4n) is 3.34. The highest BCUT2D eigenvalue weighted by atomic mass is 35.5. The van der Waals surface area contributed by atoms with Crippen LogP contribution in [0.2, 0.25) is 5.02 Å². The fourth-order valence-corrected chi connectivity index (χ4v) is 4.75. The van der Waals surface area contributed by atoms with Crippen molar-refractivity contribution in [3.8, 4) is 10.4 Å². The van der Waals surface area contributed by atoms with Crippen molar-refractivity contribution in [1.82, 2.24) is 4.90 Å². The van der Waals surface area contributed by atoms with Crippen LogP contribution >= 0.6 is 22.9 Å². The van der Waals surface area contributed by atoms with E-state index in [9.17, 15) is 0 Å². The van der Waals surface area contributed by atoms with Crippen LogP contribution < -0.4 is 11.2 Å². The van der Waals surface area contributed by atoms with Crippen LogP contribution in [0.4, 0.5) is 5.69 Å². The number of anilines is 1. The maximum atomic E-state index is 6.41. The topological polar surface area (TPSA) is 53.6 Å². The van der Waals surface area contributed by atoms with Gasteiger partial charge in [0.2, 0.25) is 0 Å². The number of hydrazone groups is 1. The minimum Gasteiger partial charge on any atom is -0.341 e. The molecule has 0 saturated heterocycles. The number of thiophene rings is 1. The summed E-state index contributed by atoms with van der Waals surface area (Å²) in [6.45, 7) is 14.8. The van der Waals surface area contributed by atoms with Gasteiger partial charge >= 0.3 is 0 Å². The molecule has 2 heterocycles. The Balaban J connectivity index is 2.12. The Morgan fingerprint density at radius 2 is 2.03 bits per heavy atom. The molecule has 0 spiro atoms. The molecule has 0 fully saturated rings. The van der Waals surface area contributed by atoms with E-state index in [0.29, 0.717) is 5.82 Å². The number of nitrogens with zero attached hydrogens (tertiary/aromatic N) is 2. The highest BCUT2D eigenvalue weighted by molar-refractivity contribution is 7.17. The first-order valence-electron chi connectivity index (χ1n) is 9.33. The first-order valence-corrected chi connectivity index (χ1v) is 10.5. The molecule has 1 aliphatic rings. The lowest BCUT2D eigenvalue weighted by atomic mass is 9.99. The van der Waals surface area contributed by atoms with Gasteiger partial charge in [0.25, 0.3) is 0 Å². The number of nitrogens with one attached hydrogen (secondary N) is 1. The van der Waals surface area contributed by atoms with Gasteiger partial charge < -0.3 is 11.2 Å². The van der Waals surface area contributed by atoms with Crippen LogP contribution in [-0.2, 0) is 0 Å².